The Bertz CT molecular complexity index is 873. The molecule has 2 aromatic rings. The molecule has 1 fully saturated rings. The maximum atomic E-state index is 12.6. The highest BCUT2D eigenvalue weighted by Crippen LogP contribution is 2.31. The molecular formula is C21H22ClN3O2. The third-order valence-corrected chi connectivity index (χ3v) is 5.66. The number of hydrogen-bond donors (Lipinski definition) is 0. The zero-order chi connectivity index (χ0) is 19.0. The van der Waals surface area contributed by atoms with Gasteiger partial charge < -0.3 is 14.7 Å². The van der Waals surface area contributed by atoms with Crippen LogP contribution in [0.3, 0.4) is 0 Å². The number of benzene rings is 2. The molecule has 0 radical (unpaired) electrons. The smallest absolute Gasteiger partial charge is 0.231 e. The van der Waals surface area contributed by atoms with Gasteiger partial charge in [-0.1, -0.05) is 23.7 Å². The number of amides is 2. The van der Waals surface area contributed by atoms with Gasteiger partial charge in [-0.05, 0) is 41.5 Å². The summed E-state index contributed by atoms with van der Waals surface area (Å²) in [7, 11) is 1.82. The Morgan fingerprint density at radius 1 is 1.04 bits per heavy atom. The number of piperazine rings is 1. The molecule has 0 aliphatic carbocycles. The minimum Gasteiger partial charge on any atom is -0.368 e. The van der Waals surface area contributed by atoms with Crippen LogP contribution in [-0.4, -0.2) is 49.9 Å². The number of halogens is 1. The van der Waals surface area contributed by atoms with E-state index in [1.165, 1.54) is 0 Å². The molecule has 0 aromatic heterocycles. The molecule has 0 saturated carbocycles. The molecule has 2 aliphatic heterocycles. The number of anilines is 2. The second kappa shape index (κ2) is 7.24. The molecule has 6 heteroatoms. The van der Waals surface area contributed by atoms with Crippen molar-refractivity contribution in [2.45, 2.75) is 12.8 Å². The van der Waals surface area contributed by atoms with Crippen molar-refractivity contribution < 1.29 is 9.59 Å². The molecule has 140 valence electrons. The van der Waals surface area contributed by atoms with Crippen LogP contribution in [-0.2, 0) is 22.4 Å². The molecule has 0 N–H and O–H groups in total. The fourth-order valence-corrected chi connectivity index (χ4v) is 3.88. The summed E-state index contributed by atoms with van der Waals surface area (Å²) in [5, 5.41) is 0.682. The van der Waals surface area contributed by atoms with E-state index in [-0.39, 0.29) is 11.8 Å². The van der Waals surface area contributed by atoms with Gasteiger partial charge in [-0.2, -0.15) is 0 Å². The zero-order valence-corrected chi connectivity index (χ0v) is 16.1. The Labute approximate surface area is 164 Å². The van der Waals surface area contributed by atoms with Gasteiger partial charge in [0.1, 0.15) is 0 Å². The quantitative estimate of drug-likeness (QED) is 0.818. The van der Waals surface area contributed by atoms with Crippen molar-refractivity contribution in [1.29, 1.82) is 0 Å². The lowest BCUT2D eigenvalue weighted by molar-refractivity contribution is -0.130. The highest BCUT2D eigenvalue weighted by Gasteiger charge is 2.26. The first kappa shape index (κ1) is 17.9. The highest BCUT2D eigenvalue weighted by atomic mass is 35.5. The summed E-state index contributed by atoms with van der Waals surface area (Å²) in [5.41, 5.74) is 4.20. The van der Waals surface area contributed by atoms with E-state index in [4.69, 9.17) is 11.6 Å². The molecule has 2 aliphatic rings. The second-order valence-corrected chi connectivity index (χ2v) is 7.55. The van der Waals surface area contributed by atoms with Crippen molar-refractivity contribution in [3.05, 3.63) is 58.6 Å². The van der Waals surface area contributed by atoms with E-state index < -0.39 is 0 Å². The Balaban J connectivity index is 1.36. The first-order valence-corrected chi connectivity index (χ1v) is 9.56. The molecule has 2 amide bonds. The summed E-state index contributed by atoms with van der Waals surface area (Å²) < 4.78 is 0. The van der Waals surface area contributed by atoms with Crippen molar-refractivity contribution in [2.24, 2.45) is 0 Å². The lowest BCUT2D eigenvalue weighted by Gasteiger charge is -2.36. The highest BCUT2D eigenvalue weighted by molar-refractivity contribution is 6.30. The number of carbonyl (C=O) groups excluding carboxylic acids is 2. The van der Waals surface area contributed by atoms with Gasteiger partial charge >= 0.3 is 0 Å². The molecule has 2 aromatic carbocycles. The lowest BCUT2D eigenvalue weighted by atomic mass is 10.1. The van der Waals surface area contributed by atoms with Crippen molar-refractivity contribution in [1.82, 2.24) is 4.90 Å². The van der Waals surface area contributed by atoms with Crippen LogP contribution < -0.4 is 9.80 Å². The van der Waals surface area contributed by atoms with Crippen LogP contribution >= 0.6 is 11.6 Å². The topological polar surface area (TPSA) is 43.9 Å². The number of nitrogens with zero attached hydrogens (tertiary/aromatic N) is 3. The van der Waals surface area contributed by atoms with Crippen LogP contribution in [0.25, 0.3) is 0 Å². The van der Waals surface area contributed by atoms with Gasteiger partial charge in [0.2, 0.25) is 11.8 Å². The van der Waals surface area contributed by atoms with Crippen molar-refractivity contribution in [3.8, 4) is 0 Å². The predicted octanol–water partition coefficient (Wildman–Crippen LogP) is 2.75. The molecule has 0 unspecified atom stereocenters. The molecule has 2 heterocycles. The lowest BCUT2D eigenvalue weighted by Crippen LogP contribution is -2.49. The summed E-state index contributed by atoms with van der Waals surface area (Å²) in [6.07, 6.45) is 0.879. The predicted molar refractivity (Wildman–Crippen MR) is 108 cm³/mol. The third kappa shape index (κ3) is 3.65. The molecular weight excluding hydrogens is 362 g/mol. The van der Waals surface area contributed by atoms with Gasteiger partial charge in [0, 0.05) is 49.6 Å². The summed E-state index contributed by atoms with van der Waals surface area (Å²) in [6, 6.07) is 13.6. The average molecular weight is 384 g/mol. The minimum absolute atomic E-state index is 0.139. The van der Waals surface area contributed by atoms with Gasteiger partial charge in [0.05, 0.1) is 12.8 Å². The Morgan fingerprint density at radius 3 is 2.44 bits per heavy atom. The third-order valence-electron chi connectivity index (χ3n) is 5.41. The number of hydrogen-bond acceptors (Lipinski definition) is 3. The molecule has 27 heavy (non-hydrogen) atoms. The molecule has 1 saturated heterocycles. The Hall–Kier alpha value is -2.53. The van der Waals surface area contributed by atoms with Crippen molar-refractivity contribution in [3.63, 3.8) is 0 Å². The summed E-state index contributed by atoms with van der Waals surface area (Å²) in [6.45, 7) is 3.02. The van der Waals surface area contributed by atoms with Crippen LogP contribution in [0.15, 0.2) is 42.5 Å². The van der Waals surface area contributed by atoms with E-state index in [2.05, 4.69) is 17.0 Å². The standard InChI is InChI=1S/C21H22ClN3O2/c1-23-19-7-6-18(13-16(19)14-20(23)26)24-8-10-25(11-9-24)21(27)12-15-2-4-17(22)5-3-15/h2-7,13H,8-12,14H2,1H3. The second-order valence-electron chi connectivity index (χ2n) is 7.11. The molecule has 0 atom stereocenters. The van der Waals surface area contributed by atoms with E-state index in [9.17, 15) is 9.59 Å². The van der Waals surface area contributed by atoms with E-state index in [1.54, 1.807) is 4.90 Å². The number of rotatable bonds is 3. The van der Waals surface area contributed by atoms with E-state index in [0.717, 1.165) is 35.6 Å². The van der Waals surface area contributed by atoms with E-state index in [1.807, 2.05) is 42.3 Å². The van der Waals surface area contributed by atoms with Crippen LogP contribution in [0.4, 0.5) is 11.4 Å². The zero-order valence-electron chi connectivity index (χ0n) is 15.3. The fraction of sp³-hybridized carbons (Fsp3) is 0.333. The number of likely N-dealkylation sites (N-methyl/N-ethyl adjacent to an activating group) is 1. The minimum atomic E-state index is 0.139. The number of carbonyl (C=O) groups is 2. The largest absolute Gasteiger partial charge is 0.368 e. The summed E-state index contributed by atoms with van der Waals surface area (Å²) >= 11 is 5.90. The summed E-state index contributed by atoms with van der Waals surface area (Å²) in [5.74, 6) is 0.290. The average Bonchev–Trinajstić information content (AvgIpc) is 2.97. The van der Waals surface area contributed by atoms with E-state index >= 15 is 0 Å². The van der Waals surface area contributed by atoms with Gasteiger partial charge in [-0.15, -0.1) is 0 Å². The van der Waals surface area contributed by atoms with Crippen molar-refractivity contribution >= 4 is 34.8 Å². The molecule has 4 rings (SSSR count). The van der Waals surface area contributed by atoms with Crippen LogP contribution in [0.5, 0.6) is 0 Å². The van der Waals surface area contributed by atoms with Gasteiger partial charge in [-0.3, -0.25) is 9.59 Å². The molecule has 0 spiro atoms. The molecule has 5 nitrogen and oxygen atoms in total. The molecule has 0 bridgehead atoms. The number of fused-ring (bicyclic) bond motifs is 1. The van der Waals surface area contributed by atoms with Gasteiger partial charge in [-0.25, -0.2) is 0 Å². The first-order chi connectivity index (χ1) is 13.0. The van der Waals surface area contributed by atoms with Gasteiger partial charge in [0.15, 0.2) is 0 Å². The van der Waals surface area contributed by atoms with E-state index in [0.29, 0.717) is 31.0 Å². The maximum Gasteiger partial charge on any atom is 0.231 e. The fourth-order valence-electron chi connectivity index (χ4n) is 3.76. The Kier molecular flexibility index (Phi) is 4.79. The first-order valence-electron chi connectivity index (χ1n) is 9.18. The van der Waals surface area contributed by atoms with Crippen LogP contribution in [0.1, 0.15) is 11.1 Å². The van der Waals surface area contributed by atoms with Gasteiger partial charge in [0.25, 0.3) is 0 Å². The summed E-state index contributed by atoms with van der Waals surface area (Å²) in [4.78, 5) is 30.3. The normalized spacial score (nSPS) is 16.7. The Morgan fingerprint density at radius 2 is 1.74 bits per heavy atom. The monoisotopic (exact) mass is 383 g/mol. The maximum absolute atomic E-state index is 12.6. The van der Waals surface area contributed by atoms with Crippen LogP contribution in [0.2, 0.25) is 5.02 Å². The van der Waals surface area contributed by atoms with Crippen LogP contribution in [0, 0.1) is 0 Å². The van der Waals surface area contributed by atoms with Crippen molar-refractivity contribution in [2.75, 3.05) is 43.0 Å². The SMILES string of the molecule is CN1C(=O)Cc2cc(N3CCN(C(=O)Cc4ccc(Cl)cc4)CC3)ccc21.